The number of amides is 1. The Morgan fingerprint density at radius 3 is 2.59 bits per heavy atom. The second kappa shape index (κ2) is 8.20. The Kier molecular flexibility index (Phi) is 5.81. The zero-order valence-corrected chi connectivity index (χ0v) is 18.3. The summed E-state index contributed by atoms with van der Waals surface area (Å²) in [7, 11) is -3.67. The van der Waals surface area contributed by atoms with E-state index in [1.165, 1.54) is 33.8 Å². The number of nitrogens with one attached hydrogen (secondary N) is 1. The van der Waals surface area contributed by atoms with Gasteiger partial charge in [-0.3, -0.25) is 10.1 Å². The number of benzene rings is 2. The van der Waals surface area contributed by atoms with Gasteiger partial charge in [-0.05, 0) is 49.2 Å². The standard InChI is InChI=1S/C19H17Cl2N3O3S2/c20-12-4-7-16-17(10-12)28-19(22-16)23-18(25)14-11-13(5-6-15(14)21)29(26,27)24-8-2-1-3-9-24/h4-7,10-11H,1-3,8-9H2,(H,22,23,25). The van der Waals surface area contributed by atoms with Crippen molar-refractivity contribution in [2.24, 2.45) is 0 Å². The molecular weight excluding hydrogens is 453 g/mol. The first-order valence-corrected chi connectivity index (χ1v) is 12.0. The van der Waals surface area contributed by atoms with Gasteiger partial charge < -0.3 is 0 Å². The highest BCUT2D eigenvalue weighted by Crippen LogP contribution is 2.30. The fourth-order valence-corrected chi connectivity index (χ4v) is 6.09. The Morgan fingerprint density at radius 1 is 1.07 bits per heavy atom. The van der Waals surface area contributed by atoms with Crippen LogP contribution in [0.5, 0.6) is 0 Å². The van der Waals surface area contributed by atoms with E-state index in [1.54, 1.807) is 18.2 Å². The fourth-order valence-electron chi connectivity index (χ4n) is 3.21. The smallest absolute Gasteiger partial charge is 0.259 e. The molecule has 1 aliphatic heterocycles. The number of fused-ring (bicyclic) bond motifs is 1. The number of carbonyl (C=O) groups excluding carboxylic acids is 1. The van der Waals surface area contributed by atoms with Crippen LogP contribution < -0.4 is 5.32 Å². The van der Waals surface area contributed by atoms with E-state index in [9.17, 15) is 13.2 Å². The van der Waals surface area contributed by atoms with Crippen molar-refractivity contribution in [3.63, 3.8) is 0 Å². The van der Waals surface area contributed by atoms with Gasteiger partial charge in [0.25, 0.3) is 5.91 Å². The summed E-state index contributed by atoms with van der Waals surface area (Å²) in [5, 5.41) is 3.83. The molecule has 152 valence electrons. The summed E-state index contributed by atoms with van der Waals surface area (Å²) in [6.45, 7) is 0.974. The zero-order valence-electron chi connectivity index (χ0n) is 15.2. The molecule has 0 bridgehead atoms. The maximum absolute atomic E-state index is 12.9. The van der Waals surface area contributed by atoms with Gasteiger partial charge in [0.15, 0.2) is 5.13 Å². The lowest BCUT2D eigenvalue weighted by Gasteiger charge is -2.26. The molecule has 10 heteroatoms. The number of anilines is 1. The minimum absolute atomic E-state index is 0.0602. The molecule has 4 rings (SSSR count). The number of carbonyl (C=O) groups is 1. The van der Waals surface area contributed by atoms with E-state index in [0.717, 1.165) is 24.0 Å². The van der Waals surface area contributed by atoms with Gasteiger partial charge in [-0.15, -0.1) is 0 Å². The molecule has 2 aromatic carbocycles. The lowest BCUT2D eigenvalue weighted by Crippen LogP contribution is -2.35. The van der Waals surface area contributed by atoms with Crippen LogP contribution in [0.4, 0.5) is 5.13 Å². The minimum Gasteiger partial charge on any atom is -0.298 e. The molecule has 0 radical (unpaired) electrons. The molecule has 1 aromatic heterocycles. The fraction of sp³-hybridized carbons (Fsp3) is 0.263. The van der Waals surface area contributed by atoms with E-state index in [0.29, 0.717) is 28.8 Å². The van der Waals surface area contributed by atoms with Crippen LogP contribution in [0.3, 0.4) is 0 Å². The average Bonchev–Trinajstić information content (AvgIpc) is 3.10. The van der Waals surface area contributed by atoms with Gasteiger partial charge in [-0.2, -0.15) is 4.31 Å². The quantitative estimate of drug-likeness (QED) is 0.580. The lowest BCUT2D eigenvalue weighted by atomic mass is 10.2. The number of thiazole rings is 1. The minimum atomic E-state index is -3.67. The Morgan fingerprint density at radius 2 is 1.83 bits per heavy atom. The molecule has 6 nitrogen and oxygen atoms in total. The first kappa shape index (κ1) is 20.6. The van der Waals surface area contributed by atoms with E-state index in [4.69, 9.17) is 23.2 Å². The summed E-state index contributed by atoms with van der Waals surface area (Å²) in [4.78, 5) is 17.2. The summed E-state index contributed by atoms with van der Waals surface area (Å²) in [5.41, 5.74) is 0.796. The van der Waals surface area contributed by atoms with Gasteiger partial charge in [0.05, 0.1) is 25.7 Å². The van der Waals surface area contributed by atoms with Gasteiger partial charge in [-0.25, -0.2) is 13.4 Å². The van der Waals surface area contributed by atoms with E-state index in [1.807, 2.05) is 0 Å². The van der Waals surface area contributed by atoms with Gasteiger partial charge in [-0.1, -0.05) is 41.0 Å². The van der Waals surface area contributed by atoms with Gasteiger partial charge in [0.1, 0.15) is 0 Å². The maximum Gasteiger partial charge on any atom is 0.259 e. The molecule has 1 fully saturated rings. The van der Waals surface area contributed by atoms with Crippen molar-refractivity contribution in [3.8, 4) is 0 Å². The van der Waals surface area contributed by atoms with E-state index >= 15 is 0 Å². The van der Waals surface area contributed by atoms with Crippen LogP contribution in [-0.2, 0) is 10.0 Å². The Bertz CT molecular complexity index is 1190. The molecular formula is C19H17Cl2N3O3S2. The first-order valence-electron chi connectivity index (χ1n) is 9.02. The van der Waals surface area contributed by atoms with Crippen LogP contribution in [0.25, 0.3) is 10.2 Å². The SMILES string of the molecule is O=C(Nc1nc2ccc(Cl)cc2s1)c1cc(S(=O)(=O)N2CCCCC2)ccc1Cl. The van der Waals surface area contributed by atoms with Crippen LogP contribution in [0.15, 0.2) is 41.3 Å². The second-order valence-electron chi connectivity index (χ2n) is 6.69. The number of nitrogens with zero attached hydrogens (tertiary/aromatic N) is 2. The number of aromatic nitrogens is 1. The third kappa shape index (κ3) is 4.27. The van der Waals surface area contributed by atoms with Crippen molar-refractivity contribution in [3.05, 3.63) is 52.0 Å². The Hall–Kier alpha value is -1.71. The third-order valence-corrected chi connectivity index (χ3v) is 8.10. The normalized spacial score (nSPS) is 15.5. The highest BCUT2D eigenvalue weighted by atomic mass is 35.5. The summed E-state index contributed by atoms with van der Waals surface area (Å²) in [6.07, 6.45) is 2.69. The molecule has 0 saturated carbocycles. The number of sulfonamides is 1. The van der Waals surface area contributed by atoms with E-state index in [2.05, 4.69) is 10.3 Å². The molecule has 0 atom stereocenters. The van der Waals surface area contributed by atoms with E-state index < -0.39 is 15.9 Å². The topological polar surface area (TPSA) is 79.4 Å². The monoisotopic (exact) mass is 469 g/mol. The third-order valence-electron chi connectivity index (χ3n) is 4.71. The summed E-state index contributed by atoms with van der Waals surface area (Å²) in [6, 6.07) is 9.45. The van der Waals surface area contributed by atoms with Crippen LogP contribution in [-0.4, -0.2) is 36.7 Å². The molecule has 29 heavy (non-hydrogen) atoms. The number of hydrogen-bond acceptors (Lipinski definition) is 5. The Labute approximate surface area is 182 Å². The zero-order chi connectivity index (χ0) is 20.6. The molecule has 1 aliphatic rings. The van der Waals surface area contributed by atoms with Crippen molar-refractivity contribution in [1.82, 2.24) is 9.29 Å². The Balaban J connectivity index is 1.61. The van der Waals surface area contributed by atoms with Crippen LogP contribution in [0.1, 0.15) is 29.6 Å². The van der Waals surface area contributed by atoms with Gasteiger partial charge >= 0.3 is 0 Å². The van der Waals surface area contributed by atoms with E-state index in [-0.39, 0.29) is 15.5 Å². The predicted molar refractivity (Wildman–Crippen MR) is 117 cm³/mol. The first-order chi connectivity index (χ1) is 13.8. The summed E-state index contributed by atoms with van der Waals surface area (Å²) < 4.78 is 28.1. The largest absolute Gasteiger partial charge is 0.298 e. The second-order valence-corrected chi connectivity index (χ2v) is 10.5. The highest BCUT2D eigenvalue weighted by molar-refractivity contribution is 7.89. The molecule has 0 aliphatic carbocycles. The molecule has 1 saturated heterocycles. The summed E-state index contributed by atoms with van der Waals surface area (Å²) >= 11 is 13.5. The van der Waals surface area contributed by atoms with Crippen molar-refractivity contribution in [2.75, 3.05) is 18.4 Å². The molecule has 1 amide bonds. The molecule has 2 heterocycles. The predicted octanol–water partition coefficient (Wildman–Crippen LogP) is 5.03. The van der Waals surface area contributed by atoms with Gasteiger partial charge in [0.2, 0.25) is 10.0 Å². The molecule has 1 N–H and O–H groups in total. The molecule has 0 spiro atoms. The molecule has 3 aromatic rings. The number of rotatable bonds is 4. The number of halogens is 2. The van der Waals surface area contributed by atoms with Crippen molar-refractivity contribution < 1.29 is 13.2 Å². The van der Waals surface area contributed by atoms with Crippen molar-refractivity contribution in [1.29, 1.82) is 0 Å². The van der Waals surface area contributed by atoms with Gasteiger partial charge in [0, 0.05) is 18.1 Å². The van der Waals surface area contributed by atoms with Crippen LogP contribution >= 0.6 is 34.5 Å². The maximum atomic E-state index is 12.9. The van der Waals surface area contributed by atoms with Crippen LogP contribution in [0.2, 0.25) is 10.0 Å². The van der Waals surface area contributed by atoms with Crippen molar-refractivity contribution >= 4 is 65.8 Å². The lowest BCUT2D eigenvalue weighted by molar-refractivity contribution is 0.102. The summed E-state index contributed by atoms with van der Waals surface area (Å²) in [5.74, 6) is -0.518. The van der Waals surface area contributed by atoms with Crippen molar-refractivity contribution in [2.45, 2.75) is 24.2 Å². The molecule has 0 unspecified atom stereocenters. The number of piperidine rings is 1. The average molecular weight is 470 g/mol. The number of hydrogen-bond donors (Lipinski definition) is 1. The highest BCUT2D eigenvalue weighted by Gasteiger charge is 2.27. The van der Waals surface area contributed by atoms with Crippen LogP contribution in [0, 0.1) is 0 Å².